The van der Waals surface area contributed by atoms with Gasteiger partial charge in [0.15, 0.2) is 5.67 Å². The topological polar surface area (TPSA) is 171 Å². The molecule has 3 fully saturated rings. The number of ether oxygens (including phenoxy) is 3. The molecule has 9 rings (SSSR count). The summed E-state index contributed by atoms with van der Waals surface area (Å²) in [6, 6.07) is 10.1. The largest absolute Gasteiger partial charge is 0.491 e. The van der Waals surface area contributed by atoms with Crippen LogP contribution in [0.5, 0.6) is 5.75 Å². The van der Waals surface area contributed by atoms with Crippen molar-refractivity contribution < 1.29 is 51.4 Å². The summed E-state index contributed by atoms with van der Waals surface area (Å²) in [6.07, 6.45) is 0.514. The van der Waals surface area contributed by atoms with Gasteiger partial charge in [0.25, 0.3) is 18.2 Å². The molecule has 4 aromatic rings. The molecule has 0 spiro atoms. The lowest BCUT2D eigenvalue weighted by molar-refractivity contribution is -0.155. The van der Waals surface area contributed by atoms with Crippen molar-refractivity contribution >= 4 is 46.2 Å². The Bertz CT molecular complexity index is 2950. The lowest BCUT2D eigenvalue weighted by Gasteiger charge is -2.38. The van der Waals surface area contributed by atoms with Crippen LogP contribution in [0.3, 0.4) is 0 Å². The number of methoxy groups -OCH3 is 1. The van der Waals surface area contributed by atoms with Crippen LogP contribution in [0.4, 0.5) is 18.9 Å². The highest BCUT2D eigenvalue weighted by Gasteiger charge is 2.48. The second-order valence-electron chi connectivity index (χ2n) is 23.8. The molecular weight excluding hydrogens is 1020 g/mol. The summed E-state index contributed by atoms with van der Waals surface area (Å²) in [5.74, 6) is -3.60. The molecule has 6 atom stereocenters. The summed E-state index contributed by atoms with van der Waals surface area (Å²) < 4.78 is 63.6. The van der Waals surface area contributed by atoms with Gasteiger partial charge in [0.05, 0.1) is 54.5 Å². The smallest absolute Gasteiger partial charge is 0.324 e. The van der Waals surface area contributed by atoms with Crippen molar-refractivity contribution in [2.75, 3.05) is 78.1 Å². The summed E-state index contributed by atoms with van der Waals surface area (Å²) in [4.78, 5) is 84.3. The molecule has 0 unspecified atom stereocenters. The van der Waals surface area contributed by atoms with Crippen LogP contribution in [0.1, 0.15) is 97.6 Å². The van der Waals surface area contributed by atoms with E-state index in [0.29, 0.717) is 69.0 Å². The molecule has 8 bridgehead atoms. The van der Waals surface area contributed by atoms with E-state index in [-0.39, 0.29) is 45.7 Å². The number of aryl methyl sites for hydroxylation is 1. The number of aromatic nitrogens is 2. The van der Waals surface area contributed by atoms with Gasteiger partial charge in [-0.1, -0.05) is 39.8 Å². The summed E-state index contributed by atoms with van der Waals surface area (Å²) >= 11 is 0. The van der Waals surface area contributed by atoms with Gasteiger partial charge in [0.2, 0.25) is 11.8 Å². The van der Waals surface area contributed by atoms with E-state index in [4.69, 9.17) is 19.2 Å². The minimum atomic E-state index is -2.42. The number of rotatable bonds is 9. The van der Waals surface area contributed by atoms with Crippen molar-refractivity contribution in [2.45, 2.75) is 136 Å². The maximum Gasteiger partial charge on any atom is 0.324 e. The van der Waals surface area contributed by atoms with Crippen molar-refractivity contribution in [2.24, 2.45) is 17.3 Å². The van der Waals surface area contributed by atoms with Crippen LogP contribution in [-0.2, 0) is 52.8 Å². The Hall–Kier alpha value is -6.25. The molecule has 5 aliphatic heterocycles. The van der Waals surface area contributed by atoms with Crippen LogP contribution in [0.2, 0.25) is 0 Å². The molecule has 428 valence electrons. The van der Waals surface area contributed by atoms with Gasteiger partial charge in [-0.25, -0.2) is 18.6 Å². The maximum absolute atomic E-state index is 15.6. The fraction of sp³-hybridized carbons (Fsp3) is 0.593. The number of hydrazine groups is 1. The van der Waals surface area contributed by atoms with Gasteiger partial charge in [-0.2, -0.15) is 0 Å². The number of halogens is 3. The van der Waals surface area contributed by atoms with Crippen LogP contribution in [-0.4, -0.2) is 168 Å². The first kappa shape index (κ1) is 57.4. The predicted octanol–water partition coefficient (Wildman–Crippen LogP) is 6.97. The van der Waals surface area contributed by atoms with Gasteiger partial charge in [-0.15, -0.1) is 0 Å². The van der Waals surface area contributed by atoms with E-state index in [0.717, 1.165) is 44.5 Å². The number of hydrogen-bond acceptors (Lipinski definition) is 12. The van der Waals surface area contributed by atoms with E-state index in [1.165, 1.54) is 28.7 Å². The molecule has 17 nitrogen and oxygen atoms in total. The monoisotopic (exact) mass is 1100 g/mol. The number of nitrogens with zero attached hydrogens (tertiary/aromatic N) is 7. The van der Waals surface area contributed by atoms with Crippen LogP contribution in [0.25, 0.3) is 33.3 Å². The SMILES string of the molecule is CCn1c(-c2cc(N3CCN(CC(F)F)CC3)cnc2[C@H](C)OC)c2c3cc(ccc31)-c1cc3cc(c1)OC[C@@H]1[C@H](CCN1C(=O)C(C)(C)F)C(=O)N(C)[C@@H](C(C)C)C(=O)N[C@@H](C3)C(=O)N1CCC[C@H](N1)C(=O)OCC(C)(C)C2. The van der Waals surface area contributed by atoms with Crippen LogP contribution in [0, 0.1) is 17.3 Å². The van der Waals surface area contributed by atoms with Crippen molar-refractivity contribution in [3.63, 3.8) is 0 Å². The van der Waals surface area contributed by atoms with E-state index >= 15 is 4.39 Å². The lowest BCUT2D eigenvalue weighted by Crippen LogP contribution is -2.62. The standard InChI is InChI=1S/C59H78F3N9O8/c1-11-69-47-15-14-37-27-42(47)44(52(69)43-28-39(30-63-50(43)35(4)77-10)68-21-19-67(20-22-68)31-49(60)61)29-58(5,6)33-79-56(75)45-13-12-17-71(65-45)55(74)46-25-36-23-38(37)26-40(24-36)78-32-48-41(16-18-70(48)57(76)59(7,8)62)54(73)66(9)51(34(2)3)53(72)64-46/h14-15,23-24,26-28,30,34-35,41,45-46,48-49,51,65H,11-13,16-22,25,29,31-33H2,1-10H3,(H,64,72)/t35-,41-,45-,46-,48+,51-/m0/s1. The number of benzene rings is 2. The molecule has 79 heavy (non-hydrogen) atoms. The van der Waals surface area contributed by atoms with Crippen LogP contribution >= 0.6 is 0 Å². The van der Waals surface area contributed by atoms with Crippen LogP contribution < -0.4 is 20.4 Å². The van der Waals surface area contributed by atoms with Gasteiger partial charge >= 0.3 is 5.97 Å². The molecule has 2 N–H and O–H groups in total. The van der Waals surface area contributed by atoms with E-state index in [9.17, 15) is 32.8 Å². The van der Waals surface area contributed by atoms with Gasteiger partial charge in [0.1, 0.15) is 30.5 Å². The number of anilines is 1. The van der Waals surface area contributed by atoms with E-state index in [2.05, 4.69) is 59.2 Å². The van der Waals surface area contributed by atoms with Gasteiger partial charge in [-0.3, -0.25) is 38.9 Å². The van der Waals surface area contributed by atoms with Gasteiger partial charge in [-0.05, 0) is 112 Å². The summed E-state index contributed by atoms with van der Waals surface area (Å²) in [5, 5.41) is 5.36. The predicted molar refractivity (Wildman–Crippen MR) is 294 cm³/mol. The fourth-order valence-corrected chi connectivity index (χ4v) is 12.4. The highest BCUT2D eigenvalue weighted by molar-refractivity contribution is 5.97. The number of cyclic esters (lactones) is 1. The Kier molecular flexibility index (Phi) is 16.8. The Morgan fingerprint density at radius 1 is 0.924 bits per heavy atom. The quantitative estimate of drug-likeness (QED) is 0.165. The van der Waals surface area contributed by atoms with Gasteiger partial charge in [0, 0.05) is 88.3 Å². The molecule has 4 amide bonds. The minimum absolute atomic E-state index is 0.0135. The van der Waals surface area contributed by atoms with Crippen molar-refractivity contribution in [1.29, 1.82) is 0 Å². The van der Waals surface area contributed by atoms with Crippen molar-refractivity contribution in [3.8, 4) is 28.1 Å². The maximum atomic E-state index is 15.6. The molecule has 2 aromatic carbocycles. The number of carbonyl (C=O) groups is 5. The normalized spacial score (nSPS) is 24.2. The third kappa shape index (κ3) is 12.0. The van der Waals surface area contributed by atoms with E-state index in [1.807, 2.05) is 45.2 Å². The molecular formula is C59H78F3N9O8. The Labute approximate surface area is 461 Å². The molecule has 5 aliphatic rings. The number of carbonyl (C=O) groups excluding carboxylic acids is 5. The molecule has 0 saturated carbocycles. The van der Waals surface area contributed by atoms with Crippen LogP contribution in [0.15, 0.2) is 48.7 Å². The molecule has 7 heterocycles. The number of amides is 4. The number of likely N-dealkylation sites (N-methyl/N-ethyl adjacent to an activating group) is 1. The summed E-state index contributed by atoms with van der Waals surface area (Å²) in [7, 11) is 3.19. The Morgan fingerprint density at radius 3 is 2.35 bits per heavy atom. The number of hydrogen-bond donors (Lipinski definition) is 2. The lowest BCUT2D eigenvalue weighted by atomic mass is 9.84. The number of pyridine rings is 1. The third-order valence-electron chi connectivity index (χ3n) is 16.6. The second-order valence-corrected chi connectivity index (χ2v) is 23.8. The Morgan fingerprint density at radius 2 is 1.67 bits per heavy atom. The Balaban J connectivity index is 1.24. The molecule has 0 aliphatic carbocycles. The molecule has 3 saturated heterocycles. The van der Waals surface area contributed by atoms with E-state index < -0.39 is 89.2 Å². The number of likely N-dealkylation sites (tertiary alicyclic amines) is 1. The first-order chi connectivity index (χ1) is 37.5. The van der Waals surface area contributed by atoms with Gasteiger partial charge < -0.3 is 38.8 Å². The average molecular weight is 1100 g/mol. The molecule has 20 heteroatoms. The first-order valence-electron chi connectivity index (χ1n) is 28.0. The second kappa shape index (κ2) is 23.1. The van der Waals surface area contributed by atoms with Crippen molar-refractivity contribution in [1.82, 2.24) is 40.0 Å². The zero-order chi connectivity index (χ0) is 56.8. The average Bonchev–Trinajstić information content (AvgIpc) is 4.01. The molecule has 0 radical (unpaired) electrons. The number of fused-ring (bicyclic) bond motifs is 8. The number of alkyl halides is 3. The van der Waals surface area contributed by atoms with E-state index in [1.54, 1.807) is 25.1 Å². The third-order valence-corrected chi connectivity index (χ3v) is 16.6. The minimum Gasteiger partial charge on any atom is -0.491 e. The number of nitrogens with one attached hydrogen (secondary N) is 2. The molecule has 2 aromatic heterocycles. The first-order valence-corrected chi connectivity index (χ1v) is 28.0. The fourth-order valence-electron chi connectivity index (χ4n) is 12.4. The zero-order valence-corrected chi connectivity index (χ0v) is 47.4. The summed E-state index contributed by atoms with van der Waals surface area (Å²) in [5.41, 5.74) is 7.65. The number of esters is 1. The number of piperazine rings is 1. The highest BCUT2D eigenvalue weighted by Crippen LogP contribution is 2.44. The highest BCUT2D eigenvalue weighted by atomic mass is 19.3. The summed E-state index contributed by atoms with van der Waals surface area (Å²) in [6.45, 7) is 16.7. The zero-order valence-electron chi connectivity index (χ0n) is 47.4. The van der Waals surface area contributed by atoms with Crippen molar-refractivity contribution in [3.05, 3.63) is 65.5 Å².